The molecule has 27 heavy (non-hydrogen) atoms. The van der Waals surface area contributed by atoms with Gasteiger partial charge in [0.05, 0.1) is 5.56 Å². The van der Waals surface area contributed by atoms with Crippen LogP contribution < -0.4 is 0 Å². The highest BCUT2D eigenvalue weighted by atomic mass is 19.4. The Balaban J connectivity index is 1.65. The molecule has 1 aliphatic heterocycles. The van der Waals surface area contributed by atoms with Crippen LogP contribution in [0, 0.1) is 0 Å². The number of benzene rings is 2. The van der Waals surface area contributed by atoms with Crippen molar-refractivity contribution in [3.8, 4) is 11.1 Å². The number of rotatable bonds is 4. The van der Waals surface area contributed by atoms with E-state index in [1.54, 1.807) is 12.1 Å². The molecule has 2 bridgehead atoms. The first-order valence-corrected chi connectivity index (χ1v) is 9.64. The van der Waals surface area contributed by atoms with Crippen LogP contribution in [0.2, 0.25) is 0 Å². The van der Waals surface area contributed by atoms with Gasteiger partial charge in [-0.25, -0.2) is 0 Å². The lowest BCUT2D eigenvalue weighted by Crippen LogP contribution is -2.29. The summed E-state index contributed by atoms with van der Waals surface area (Å²) in [5.41, 5.74) is 3.87. The minimum atomic E-state index is -4.31. The molecule has 1 N–H and O–H groups in total. The van der Waals surface area contributed by atoms with Crippen LogP contribution in [0.25, 0.3) is 11.1 Å². The molecule has 4 rings (SSSR count). The molecule has 5 heteroatoms. The molecule has 2 nitrogen and oxygen atoms in total. The van der Waals surface area contributed by atoms with E-state index in [2.05, 4.69) is 17.0 Å². The molecular formula is C22H24F3NO. The van der Waals surface area contributed by atoms with Crippen molar-refractivity contribution in [2.24, 2.45) is 0 Å². The smallest absolute Gasteiger partial charge is 0.396 e. The van der Waals surface area contributed by atoms with E-state index < -0.39 is 11.7 Å². The van der Waals surface area contributed by atoms with Gasteiger partial charge in [-0.2, -0.15) is 13.2 Å². The van der Waals surface area contributed by atoms with Crippen molar-refractivity contribution in [3.63, 3.8) is 0 Å². The second-order valence-corrected chi connectivity index (χ2v) is 7.62. The summed E-state index contributed by atoms with van der Waals surface area (Å²) < 4.78 is 38.4. The molecule has 0 aromatic heterocycles. The minimum Gasteiger partial charge on any atom is -0.396 e. The zero-order valence-electron chi connectivity index (χ0n) is 15.2. The largest absolute Gasteiger partial charge is 0.416 e. The van der Waals surface area contributed by atoms with E-state index in [1.165, 1.54) is 24.0 Å². The average molecular weight is 375 g/mol. The van der Waals surface area contributed by atoms with Crippen molar-refractivity contribution in [3.05, 3.63) is 59.2 Å². The van der Waals surface area contributed by atoms with Gasteiger partial charge in [-0.15, -0.1) is 0 Å². The third-order valence-corrected chi connectivity index (χ3v) is 5.98. The lowest BCUT2D eigenvalue weighted by Gasteiger charge is -2.29. The lowest BCUT2D eigenvalue weighted by molar-refractivity contribution is -0.137. The fraction of sp³-hybridized carbons (Fsp3) is 0.455. The zero-order chi connectivity index (χ0) is 19.0. The summed E-state index contributed by atoms with van der Waals surface area (Å²) in [6.45, 7) is 2.13. The summed E-state index contributed by atoms with van der Waals surface area (Å²) in [5, 5.41) is 9.20. The van der Waals surface area contributed by atoms with Crippen molar-refractivity contribution in [2.75, 3.05) is 19.7 Å². The lowest BCUT2D eigenvalue weighted by atomic mass is 9.93. The molecule has 0 saturated carbocycles. The fourth-order valence-corrected chi connectivity index (χ4v) is 4.65. The Labute approximate surface area is 157 Å². The van der Waals surface area contributed by atoms with Gasteiger partial charge in [0.2, 0.25) is 0 Å². The van der Waals surface area contributed by atoms with Crippen molar-refractivity contribution in [2.45, 2.75) is 43.8 Å². The van der Waals surface area contributed by atoms with Crippen LogP contribution in [0.15, 0.2) is 42.5 Å². The van der Waals surface area contributed by atoms with Crippen molar-refractivity contribution < 1.29 is 18.3 Å². The van der Waals surface area contributed by atoms with E-state index in [-0.39, 0.29) is 6.61 Å². The van der Waals surface area contributed by atoms with Crippen LogP contribution in [-0.2, 0) is 6.18 Å². The number of likely N-dealkylation sites (tertiary alicyclic amines) is 1. The predicted molar refractivity (Wildman–Crippen MR) is 99.5 cm³/mol. The molecule has 0 radical (unpaired) electrons. The molecule has 2 aliphatic rings. The van der Waals surface area contributed by atoms with Gasteiger partial charge in [0.1, 0.15) is 0 Å². The van der Waals surface area contributed by atoms with Crippen LogP contribution in [0.1, 0.15) is 54.3 Å². The van der Waals surface area contributed by atoms with Gasteiger partial charge in [0.15, 0.2) is 0 Å². The first kappa shape index (κ1) is 18.5. The van der Waals surface area contributed by atoms with Crippen LogP contribution in [0.5, 0.6) is 0 Å². The zero-order valence-corrected chi connectivity index (χ0v) is 15.2. The molecular weight excluding hydrogens is 351 g/mol. The summed E-state index contributed by atoms with van der Waals surface area (Å²) >= 11 is 0. The SMILES string of the molecule is OCCCN1CCCC2C[C@@H]1c1cc(-c3ccc(C(F)(F)F)cc3)ccc12. The molecule has 2 aromatic carbocycles. The Morgan fingerprint density at radius 2 is 1.74 bits per heavy atom. The number of aliphatic hydroxyl groups is 1. The minimum absolute atomic E-state index is 0.200. The Hall–Kier alpha value is -1.85. The summed E-state index contributed by atoms with van der Waals surface area (Å²) in [5.74, 6) is 0.575. The van der Waals surface area contributed by atoms with Gasteiger partial charge in [-0.1, -0.05) is 24.3 Å². The van der Waals surface area contributed by atoms with E-state index in [4.69, 9.17) is 0 Å². The van der Waals surface area contributed by atoms with E-state index >= 15 is 0 Å². The highest BCUT2D eigenvalue weighted by Gasteiger charge is 2.36. The second kappa shape index (κ2) is 7.28. The normalized spacial score (nSPS) is 22.5. The van der Waals surface area contributed by atoms with Crippen molar-refractivity contribution in [1.82, 2.24) is 4.90 Å². The number of hydrogen-bond donors (Lipinski definition) is 1. The standard InChI is InChI=1S/C22H24F3NO/c23-22(24,25)18-7-4-15(5-8-18)16-6-9-19-17-3-1-10-26(11-2-12-27)21(14-17)20(19)13-16/h4-9,13,17,21,27H,1-3,10-12,14H2/t17?,21-/m1/s1. The third-order valence-electron chi connectivity index (χ3n) is 5.98. The van der Waals surface area contributed by atoms with E-state index in [0.717, 1.165) is 49.2 Å². The summed E-state index contributed by atoms with van der Waals surface area (Å²) in [6.07, 6.45) is -0.0727. The highest BCUT2D eigenvalue weighted by Crippen LogP contribution is 2.48. The van der Waals surface area contributed by atoms with Crippen molar-refractivity contribution in [1.29, 1.82) is 0 Å². The summed E-state index contributed by atoms with van der Waals surface area (Å²) in [7, 11) is 0. The Kier molecular flexibility index (Phi) is 4.99. The predicted octanol–water partition coefficient (Wildman–Crippen LogP) is 5.38. The van der Waals surface area contributed by atoms with Crippen molar-refractivity contribution >= 4 is 0 Å². The number of hydrogen-bond acceptors (Lipinski definition) is 2. The first-order chi connectivity index (χ1) is 13.0. The van der Waals surface area contributed by atoms with E-state index in [9.17, 15) is 18.3 Å². The van der Waals surface area contributed by atoms with E-state index in [0.29, 0.717) is 12.0 Å². The molecule has 2 aromatic rings. The fourth-order valence-electron chi connectivity index (χ4n) is 4.65. The van der Waals surface area contributed by atoms with Crippen LogP contribution in [0.4, 0.5) is 13.2 Å². The van der Waals surface area contributed by atoms with Gasteiger partial charge < -0.3 is 5.11 Å². The van der Waals surface area contributed by atoms with Crippen LogP contribution in [0.3, 0.4) is 0 Å². The molecule has 1 heterocycles. The molecule has 1 aliphatic carbocycles. The molecule has 0 amide bonds. The number of halogens is 3. The molecule has 0 spiro atoms. The van der Waals surface area contributed by atoms with Crippen LogP contribution >= 0.6 is 0 Å². The van der Waals surface area contributed by atoms with Gasteiger partial charge in [0.25, 0.3) is 0 Å². The van der Waals surface area contributed by atoms with Crippen LogP contribution in [-0.4, -0.2) is 29.7 Å². The third kappa shape index (κ3) is 3.63. The molecule has 1 unspecified atom stereocenters. The maximum Gasteiger partial charge on any atom is 0.416 e. The highest BCUT2D eigenvalue weighted by molar-refractivity contribution is 5.66. The van der Waals surface area contributed by atoms with Gasteiger partial charge in [0, 0.05) is 19.2 Å². The monoisotopic (exact) mass is 375 g/mol. The number of aliphatic hydroxyl groups excluding tert-OH is 1. The molecule has 1 saturated heterocycles. The summed E-state index contributed by atoms with van der Waals surface area (Å²) in [6, 6.07) is 12.1. The molecule has 2 atom stereocenters. The Bertz CT molecular complexity index is 800. The first-order valence-electron chi connectivity index (χ1n) is 9.64. The second-order valence-electron chi connectivity index (χ2n) is 7.62. The maximum atomic E-state index is 12.8. The maximum absolute atomic E-state index is 12.8. The van der Waals surface area contributed by atoms with Gasteiger partial charge in [-0.05, 0) is 78.6 Å². The van der Waals surface area contributed by atoms with E-state index in [1.807, 2.05) is 6.07 Å². The Morgan fingerprint density at radius 3 is 2.44 bits per heavy atom. The number of nitrogens with zero attached hydrogens (tertiary/aromatic N) is 1. The van der Waals surface area contributed by atoms with Gasteiger partial charge >= 0.3 is 6.18 Å². The molecule has 1 fully saturated rings. The number of fused-ring (bicyclic) bond motifs is 5. The quantitative estimate of drug-likeness (QED) is 0.776. The number of alkyl halides is 3. The molecule has 144 valence electrons. The Morgan fingerprint density at radius 1 is 1.00 bits per heavy atom. The van der Waals surface area contributed by atoms with Gasteiger partial charge in [-0.3, -0.25) is 4.90 Å². The topological polar surface area (TPSA) is 23.5 Å². The summed E-state index contributed by atoms with van der Waals surface area (Å²) in [4.78, 5) is 2.47. The average Bonchev–Trinajstić information content (AvgIpc) is 2.87.